The highest BCUT2D eigenvalue weighted by Crippen LogP contribution is 2.27. The Morgan fingerprint density at radius 2 is 2.19 bits per heavy atom. The Kier molecular flexibility index (Phi) is 3.35. The first-order valence-electron chi connectivity index (χ1n) is 5.03. The zero-order valence-corrected chi connectivity index (χ0v) is 11.2. The van der Waals surface area contributed by atoms with Crippen LogP contribution < -0.4 is 0 Å². The Hall–Kier alpha value is -0.810. The van der Waals surface area contributed by atoms with Crippen LogP contribution in [0.4, 0.5) is 0 Å². The van der Waals surface area contributed by atoms with Gasteiger partial charge in [0.25, 0.3) is 0 Å². The van der Waals surface area contributed by atoms with Crippen LogP contribution in [-0.4, -0.2) is 9.97 Å². The lowest BCUT2D eigenvalue weighted by Gasteiger charge is -2.12. The molecule has 0 bridgehead atoms. The van der Waals surface area contributed by atoms with Crippen LogP contribution in [0.1, 0.15) is 32.4 Å². The molecule has 0 aliphatic rings. The molecular formula is C11H14N2OS2. The van der Waals surface area contributed by atoms with Crippen LogP contribution in [0, 0.1) is 0 Å². The second kappa shape index (κ2) is 4.59. The Balaban J connectivity index is 1.98. The quantitative estimate of drug-likeness (QED) is 0.782. The fourth-order valence-electron chi connectivity index (χ4n) is 1.13. The SMILES string of the molecule is CC(C)(C)c1cnc(CSc2nccs2)o1. The molecule has 0 saturated carbocycles. The third kappa shape index (κ3) is 2.86. The van der Waals surface area contributed by atoms with Crippen molar-refractivity contribution in [1.29, 1.82) is 0 Å². The molecule has 5 heteroatoms. The van der Waals surface area contributed by atoms with E-state index in [2.05, 4.69) is 30.7 Å². The van der Waals surface area contributed by atoms with Crippen molar-refractivity contribution >= 4 is 23.1 Å². The van der Waals surface area contributed by atoms with E-state index in [9.17, 15) is 0 Å². The molecule has 0 unspecified atom stereocenters. The van der Waals surface area contributed by atoms with Gasteiger partial charge in [-0.25, -0.2) is 9.97 Å². The summed E-state index contributed by atoms with van der Waals surface area (Å²) in [6, 6.07) is 0. The van der Waals surface area contributed by atoms with Gasteiger partial charge in [0.15, 0.2) is 0 Å². The van der Waals surface area contributed by atoms with Crippen molar-refractivity contribution in [3.05, 3.63) is 29.4 Å². The zero-order chi connectivity index (χ0) is 11.6. The number of thioether (sulfide) groups is 1. The largest absolute Gasteiger partial charge is 0.444 e. The van der Waals surface area contributed by atoms with Gasteiger partial charge in [-0.2, -0.15) is 0 Å². The van der Waals surface area contributed by atoms with Crippen molar-refractivity contribution in [2.45, 2.75) is 36.3 Å². The number of rotatable bonds is 3. The van der Waals surface area contributed by atoms with E-state index in [0.29, 0.717) is 0 Å². The first kappa shape index (κ1) is 11.7. The molecule has 16 heavy (non-hydrogen) atoms. The normalized spacial score (nSPS) is 11.9. The second-order valence-corrected chi connectivity index (χ2v) is 6.57. The topological polar surface area (TPSA) is 38.9 Å². The van der Waals surface area contributed by atoms with Crippen molar-refractivity contribution in [2.24, 2.45) is 0 Å². The molecule has 0 radical (unpaired) electrons. The summed E-state index contributed by atoms with van der Waals surface area (Å²) in [7, 11) is 0. The van der Waals surface area contributed by atoms with E-state index >= 15 is 0 Å². The first-order chi connectivity index (χ1) is 7.55. The molecule has 0 atom stereocenters. The Morgan fingerprint density at radius 1 is 1.38 bits per heavy atom. The maximum absolute atomic E-state index is 5.69. The Bertz CT molecular complexity index is 443. The number of thiazole rings is 1. The van der Waals surface area contributed by atoms with Crippen molar-refractivity contribution in [2.75, 3.05) is 0 Å². The standard InChI is InChI=1S/C11H14N2OS2/c1-11(2,3)8-6-13-9(14-8)7-16-10-12-4-5-15-10/h4-6H,7H2,1-3H3. The molecule has 0 aromatic carbocycles. The summed E-state index contributed by atoms with van der Waals surface area (Å²) in [6.07, 6.45) is 3.63. The fourth-order valence-corrected chi connectivity index (χ4v) is 2.62. The smallest absolute Gasteiger partial charge is 0.204 e. The highest BCUT2D eigenvalue weighted by atomic mass is 32.2. The van der Waals surface area contributed by atoms with Gasteiger partial charge in [0.05, 0.1) is 11.9 Å². The minimum atomic E-state index is 0.0249. The van der Waals surface area contributed by atoms with Crippen LogP contribution in [0.2, 0.25) is 0 Å². The molecule has 2 aromatic rings. The molecule has 2 heterocycles. The highest BCUT2D eigenvalue weighted by molar-refractivity contribution is 8.00. The van der Waals surface area contributed by atoms with Crippen LogP contribution in [0.5, 0.6) is 0 Å². The van der Waals surface area contributed by atoms with Crippen molar-refractivity contribution in [3.63, 3.8) is 0 Å². The number of nitrogens with zero attached hydrogens (tertiary/aromatic N) is 2. The summed E-state index contributed by atoms with van der Waals surface area (Å²) >= 11 is 3.29. The summed E-state index contributed by atoms with van der Waals surface area (Å²) in [5, 5.41) is 1.97. The summed E-state index contributed by atoms with van der Waals surface area (Å²) in [4.78, 5) is 8.47. The molecule has 0 fully saturated rings. The molecule has 0 aliphatic heterocycles. The number of aromatic nitrogens is 2. The van der Waals surface area contributed by atoms with E-state index in [4.69, 9.17) is 4.42 Å². The summed E-state index contributed by atoms with van der Waals surface area (Å²) < 4.78 is 6.74. The third-order valence-electron chi connectivity index (χ3n) is 2.02. The average molecular weight is 254 g/mol. The predicted molar refractivity (Wildman–Crippen MR) is 66.9 cm³/mol. The zero-order valence-electron chi connectivity index (χ0n) is 9.56. The summed E-state index contributed by atoms with van der Waals surface area (Å²) in [5.74, 6) is 2.44. The molecular weight excluding hydrogens is 240 g/mol. The lowest BCUT2D eigenvalue weighted by Crippen LogP contribution is -2.09. The average Bonchev–Trinajstić information content (AvgIpc) is 2.85. The maximum atomic E-state index is 5.69. The first-order valence-corrected chi connectivity index (χ1v) is 6.90. The van der Waals surface area contributed by atoms with E-state index in [1.807, 2.05) is 17.8 Å². The van der Waals surface area contributed by atoms with Crippen LogP contribution >= 0.6 is 23.1 Å². The van der Waals surface area contributed by atoms with E-state index in [1.165, 1.54) is 0 Å². The van der Waals surface area contributed by atoms with Gasteiger partial charge in [-0.3, -0.25) is 0 Å². The van der Waals surface area contributed by atoms with Gasteiger partial charge in [-0.05, 0) is 0 Å². The molecule has 0 spiro atoms. The maximum Gasteiger partial charge on any atom is 0.204 e. The summed E-state index contributed by atoms with van der Waals surface area (Å²) in [6.45, 7) is 6.35. The van der Waals surface area contributed by atoms with E-state index in [1.54, 1.807) is 23.1 Å². The lowest BCUT2D eigenvalue weighted by molar-refractivity contribution is 0.391. The van der Waals surface area contributed by atoms with Crippen molar-refractivity contribution in [1.82, 2.24) is 9.97 Å². The third-order valence-corrected chi connectivity index (χ3v) is 3.97. The van der Waals surface area contributed by atoms with Gasteiger partial charge in [-0.1, -0.05) is 32.5 Å². The molecule has 0 aliphatic carbocycles. The van der Waals surface area contributed by atoms with Crippen LogP contribution in [0.25, 0.3) is 0 Å². The number of hydrogen-bond acceptors (Lipinski definition) is 5. The van der Waals surface area contributed by atoms with Gasteiger partial charge < -0.3 is 4.42 Å². The monoisotopic (exact) mass is 254 g/mol. The van der Waals surface area contributed by atoms with Crippen LogP contribution in [0.15, 0.2) is 26.5 Å². The molecule has 3 nitrogen and oxygen atoms in total. The van der Waals surface area contributed by atoms with E-state index < -0.39 is 0 Å². The minimum absolute atomic E-state index is 0.0249. The fraction of sp³-hybridized carbons (Fsp3) is 0.455. The second-order valence-electron chi connectivity index (χ2n) is 4.45. The van der Waals surface area contributed by atoms with Gasteiger partial charge in [0.2, 0.25) is 5.89 Å². The van der Waals surface area contributed by atoms with Gasteiger partial charge in [0.1, 0.15) is 10.1 Å². The minimum Gasteiger partial charge on any atom is -0.444 e. The highest BCUT2D eigenvalue weighted by Gasteiger charge is 2.19. The van der Waals surface area contributed by atoms with E-state index in [-0.39, 0.29) is 5.41 Å². The Morgan fingerprint density at radius 3 is 2.75 bits per heavy atom. The number of oxazole rings is 1. The molecule has 2 aromatic heterocycles. The van der Waals surface area contributed by atoms with Crippen molar-refractivity contribution in [3.8, 4) is 0 Å². The molecule has 0 amide bonds. The molecule has 0 saturated heterocycles. The predicted octanol–water partition coefficient (Wildman–Crippen LogP) is 3.72. The molecule has 86 valence electrons. The molecule has 0 N–H and O–H groups in total. The van der Waals surface area contributed by atoms with E-state index in [0.717, 1.165) is 21.7 Å². The van der Waals surface area contributed by atoms with Gasteiger partial charge in [0, 0.05) is 17.0 Å². The number of hydrogen-bond donors (Lipinski definition) is 0. The van der Waals surface area contributed by atoms with Crippen LogP contribution in [-0.2, 0) is 11.2 Å². The van der Waals surface area contributed by atoms with Crippen molar-refractivity contribution < 1.29 is 4.42 Å². The van der Waals surface area contributed by atoms with Crippen LogP contribution in [0.3, 0.4) is 0 Å². The Labute approximate surface area is 103 Å². The van der Waals surface area contributed by atoms with Gasteiger partial charge >= 0.3 is 0 Å². The van der Waals surface area contributed by atoms with Gasteiger partial charge in [-0.15, -0.1) is 11.3 Å². The summed E-state index contributed by atoms with van der Waals surface area (Å²) in [5.41, 5.74) is 0.0249. The molecule has 2 rings (SSSR count). The lowest BCUT2D eigenvalue weighted by atomic mass is 9.94.